The van der Waals surface area contributed by atoms with E-state index in [1.165, 1.54) is 16.2 Å². The molecule has 1 unspecified atom stereocenters. The summed E-state index contributed by atoms with van der Waals surface area (Å²) in [5, 5.41) is 12.4. The molecule has 6 nitrogen and oxygen atoms in total. The lowest BCUT2D eigenvalue weighted by atomic mass is 9.96. The molecule has 32 heavy (non-hydrogen) atoms. The Labute approximate surface area is 196 Å². The maximum Gasteiger partial charge on any atom is 0.301 e. The Morgan fingerprint density at radius 3 is 2.50 bits per heavy atom. The monoisotopic (exact) mass is 481 g/mol. The van der Waals surface area contributed by atoms with Crippen molar-refractivity contribution in [2.75, 3.05) is 4.90 Å². The van der Waals surface area contributed by atoms with Crippen LogP contribution in [-0.4, -0.2) is 26.8 Å². The second kappa shape index (κ2) is 8.02. The van der Waals surface area contributed by atoms with Gasteiger partial charge in [0.1, 0.15) is 5.76 Å². The van der Waals surface area contributed by atoms with Crippen molar-refractivity contribution in [2.24, 2.45) is 0 Å². The second-order valence-corrected chi connectivity index (χ2v) is 8.95. The van der Waals surface area contributed by atoms with E-state index in [1.807, 2.05) is 0 Å². The summed E-state index contributed by atoms with van der Waals surface area (Å²) in [5.74, 6) is -1.87. The smallest absolute Gasteiger partial charge is 0.301 e. The van der Waals surface area contributed by atoms with Crippen molar-refractivity contribution in [3.8, 4) is 0 Å². The zero-order valence-corrected chi connectivity index (χ0v) is 18.5. The second-order valence-electron chi connectivity index (χ2n) is 7.07. The van der Waals surface area contributed by atoms with Crippen molar-refractivity contribution < 1.29 is 14.7 Å². The molecule has 1 saturated heterocycles. The quantitative estimate of drug-likeness (QED) is 0.233. The minimum absolute atomic E-state index is 0.0392. The minimum Gasteiger partial charge on any atom is -0.507 e. The van der Waals surface area contributed by atoms with Gasteiger partial charge in [0.2, 0.25) is 0 Å². The van der Waals surface area contributed by atoms with Crippen LogP contribution in [0.15, 0.2) is 72.6 Å². The number of anilines is 1. The number of nitrogens with zero attached hydrogens (tertiary/aromatic N) is 3. The number of rotatable bonds is 3. The molecule has 1 fully saturated rings. The standard InChI is InChI=1S/C23H13Cl2N3O3S/c24-14-5-3-12(4-6-14)20(29)18-19(13-2-1-9-26-11-13)28(22(31)21(18)30)23-27-16-8-7-15(25)10-17(16)32-23/h1-11,19,29H/b20-18+. The minimum atomic E-state index is -0.893. The SMILES string of the molecule is O=C1C(=O)N(c2nc3ccc(Cl)cc3s2)C(c2cccnc2)/C1=C(\O)c1ccc(Cl)cc1. The van der Waals surface area contributed by atoms with Crippen molar-refractivity contribution in [3.05, 3.63) is 93.7 Å². The highest BCUT2D eigenvalue weighted by Gasteiger charge is 2.48. The van der Waals surface area contributed by atoms with E-state index in [-0.39, 0.29) is 11.3 Å². The number of pyridine rings is 1. The summed E-state index contributed by atoms with van der Waals surface area (Å²) in [6.45, 7) is 0. The van der Waals surface area contributed by atoms with Gasteiger partial charge in [0.25, 0.3) is 5.78 Å². The number of aliphatic hydroxyl groups is 1. The number of benzene rings is 2. The van der Waals surface area contributed by atoms with Gasteiger partial charge in [-0.2, -0.15) is 0 Å². The zero-order chi connectivity index (χ0) is 22.4. The molecule has 5 rings (SSSR count). The van der Waals surface area contributed by atoms with Crippen LogP contribution in [0.2, 0.25) is 10.0 Å². The van der Waals surface area contributed by atoms with E-state index in [9.17, 15) is 14.7 Å². The molecule has 0 spiro atoms. The fraction of sp³-hybridized carbons (Fsp3) is 0.0435. The highest BCUT2D eigenvalue weighted by atomic mass is 35.5. The number of carbonyl (C=O) groups is 2. The Bertz CT molecular complexity index is 1400. The van der Waals surface area contributed by atoms with E-state index in [2.05, 4.69) is 9.97 Å². The average Bonchev–Trinajstić information content (AvgIpc) is 3.32. The number of aromatic nitrogens is 2. The van der Waals surface area contributed by atoms with Crippen LogP contribution in [0.4, 0.5) is 5.13 Å². The number of halogens is 2. The molecule has 2 aromatic carbocycles. The average molecular weight is 482 g/mol. The Morgan fingerprint density at radius 1 is 1.03 bits per heavy atom. The number of carbonyl (C=O) groups excluding carboxylic acids is 2. The Hall–Kier alpha value is -3.26. The number of hydrogen-bond donors (Lipinski definition) is 1. The fourth-order valence-electron chi connectivity index (χ4n) is 3.64. The molecular weight excluding hydrogens is 469 g/mol. The van der Waals surface area contributed by atoms with Crippen molar-refractivity contribution in [1.29, 1.82) is 0 Å². The van der Waals surface area contributed by atoms with E-state index < -0.39 is 17.7 Å². The number of aliphatic hydroxyl groups excluding tert-OH is 1. The molecule has 9 heteroatoms. The molecular formula is C23H13Cl2N3O3S. The maximum atomic E-state index is 13.2. The highest BCUT2D eigenvalue weighted by Crippen LogP contribution is 2.44. The van der Waals surface area contributed by atoms with Gasteiger partial charge in [-0.25, -0.2) is 4.98 Å². The van der Waals surface area contributed by atoms with Gasteiger partial charge in [0.05, 0.1) is 21.8 Å². The normalized spacial score (nSPS) is 17.9. The number of Topliss-reactive ketones (excluding diaryl/α,β-unsaturated/α-hetero) is 1. The molecule has 0 saturated carbocycles. The molecule has 1 aliphatic heterocycles. The van der Waals surface area contributed by atoms with Crippen LogP contribution < -0.4 is 4.90 Å². The number of thiazole rings is 1. The van der Waals surface area contributed by atoms with Gasteiger partial charge < -0.3 is 5.11 Å². The predicted molar refractivity (Wildman–Crippen MR) is 125 cm³/mol. The predicted octanol–water partition coefficient (Wildman–Crippen LogP) is 5.62. The lowest BCUT2D eigenvalue weighted by Gasteiger charge is -2.22. The molecule has 1 N–H and O–H groups in total. The first-order valence-electron chi connectivity index (χ1n) is 9.47. The number of fused-ring (bicyclic) bond motifs is 1. The van der Waals surface area contributed by atoms with E-state index >= 15 is 0 Å². The summed E-state index contributed by atoms with van der Waals surface area (Å²) in [4.78, 5) is 36.3. The summed E-state index contributed by atoms with van der Waals surface area (Å²) in [6, 6.07) is 14.1. The molecule has 3 heterocycles. The summed E-state index contributed by atoms with van der Waals surface area (Å²) >= 11 is 13.3. The van der Waals surface area contributed by atoms with Crippen LogP contribution in [-0.2, 0) is 9.59 Å². The first kappa shape index (κ1) is 20.6. The van der Waals surface area contributed by atoms with Crippen molar-refractivity contribution in [3.63, 3.8) is 0 Å². The van der Waals surface area contributed by atoms with Crippen molar-refractivity contribution in [2.45, 2.75) is 6.04 Å². The van der Waals surface area contributed by atoms with E-state index in [0.717, 1.165) is 4.70 Å². The Balaban J connectivity index is 1.72. The molecule has 0 radical (unpaired) electrons. The Kier molecular flexibility index (Phi) is 5.17. The van der Waals surface area contributed by atoms with Crippen LogP contribution in [0.1, 0.15) is 17.2 Å². The van der Waals surface area contributed by atoms with E-state index in [0.29, 0.717) is 31.8 Å². The molecule has 1 aliphatic rings. The topological polar surface area (TPSA) is 83.4 Å². The molecule has 1 atom stereocenters. The summed E-state index contributed by atoms with van der Waals surface area (Å²) in [5.41, 5.74) is 1.55. The molecule has 2 aromatic heterocycles. The van der Waals surface area contributed by atoms with Crippen LogP contribution >= 0.6 is 34.5 Å². The molecule has 1 amide bonds. The van der Waals surface area contributed by atoms with Gasteiger partial charge in [-0.3, -0.25) is 19.5 Å². The van der Waals surface area contributed by atoms with E-state index in [4.69, 9.17) is 23.2 Å². The fourth-order valence-corrected chi connectivity index (χ4v) is 5.03. The van der Waals surface area contributed by atoms with Gasteiger partial charge in [0.15, 0.2) is 5.13 Å². The van der Waals surface area contributed by atoms with E-state index in [1.54, 1.807) is 67.0 Å². The van der Waals surface area contributed by atoms with Gasteiger partial charge in [-0.05, 0) is 54.1 Å². The first-order valence-corrected chi connectivity index (χ1v) is 11.0. The van der Waals surface area contributed by atoms with Crippen molar-refractivity contribution >= 4 is 67.3 Å². The lowest BCUT2D eigenvalue weighted by molar-refractivity contribution is -0.132. The van der Waals surface area contributed by atoms with Crippen molar-refractivity contribution in [1.82, 2.24) is 9.97 Å². The van der Waals surface area contributed by atoms with Gasteiger partial charge in [-0.15, -0.1) is 0 Å². The van der Waals surface area contributed by atoms with Crippen LogP contribution in [0.25, 0.3) is 16.0 Å². The third-order valence-electron chi connectivity index (χ3n) is 5.11. The van der Waals surface area contributed by atoms with Crippen LogP contribution in [0.5, 0.6) is 0 Å². The molecule has 158 valence electrons. The molecule has 4 aromatic rings. The third kappa shape index (κ3) is 3.44. The highest BCUT2D eigenvalue weighted by molar-refractivity contribution is 7.22. The van der Waals surface area contributed by atoms with Gasteiger partial charge in [-0.1, -0.05) is 40.6 Å². The first-order chi connectivity index (χ1) is 15.4. The van der Waals surface area contributed by atoms with Gasteiger partial charge >= 0.3 is 5.91 Å². The molecule has 0 bridgehead atoms. The lowest BCUT2D eigenvalue weighted by Crippen LogP contribution is -2.29. The summed E-state index contributed by atoms with van der Waals surface area (Å²) in [6.07, 6.45) is 3.15. The summed E-state index contributed by atoms with van der Waals surface area (Å²) < 4.78 is 0.775. The van der Waals surface area contributed by atoms with Gasteiger partial charge in [0, 0.05) is 28.0 Å². The number of amides is 1. The Morgan fingerprint density at radius 2 is 1.78 bits per heavy atom. The zero-order valence-electron chi connectivity index (χ0n) is 16.2. The largest absolute Gasteiger partial charge is 0.507 e. The number of ketones is 1. The summed E-state index contributed by atoms with van der Waals surface area (Å²) in [7, 11) is 0. The maximum absolute atomic E-state index is 13.2. The van der Waals surface area contributed by atoms with Crippen LogP contribution in [0.3, 0.4) is 0 Å². The third-order valence-corrected chi connectivity index (χ3v) is 6.61. The van der Waals surface area contributed by atoms with Crippen LogP contribution in [0, 0.1) is 0 Å². The molecule has 0 aliphatic carbocycles. The number of hydrogen-bond acceptors (Lipinski definition) is 6.